The number of rotatable bonds is 6. The van der Waals surface area contributed by atoms with E-state index in [1.54, 1.807) is 13.8 Å². The third kappa shape index (κ3) is 6.99. The number of carbonyl (C=O) groups is 2. The molecule has 4 unspecified atom stereocenters. The minimum Gasteiger partial charge on any atom is -0.550 e. The molecule has 2 aromatic rings. The summed E-state index contributed by atoms with van der Waals surface area (Å²) >= 11 is 0. The first-order valence-electron chi connectivity index (χ1n) is 12.6. The van der Waals surface area contributed by atoms with Gasteiger partial charge in [-0.05, 0) is 82.7 Å². The molecule has 0 radical (unpaired) electrons. The van der Waals surface area contributed by atoms with Crippen LogP contribution in [0.4, 0.5) is 0 Å². The Hall–Kier alpha value is -2.09. The summed E-state index contributed by atoms with van der Waals surface area (Å²) in [5.74, 6) is -0.241. The minimum atomic E-state index is -0.997. The van der Waals surface area contributed by atoms with Crippen molar-refractivity contribution in [2.45, 2.75) is 79.1 Å². The van der Waals surface area contributed by atoms with Gasteiger partial charge in [0.1, 0.15) is 0 Å². The van der Waals surface area contributed by atoms with Crippen molar-refractivity contribution in [2.24, 2.45) is 23.7 Å². The zero-order valence-electron chi connectivity index (χ0n) is 22.0. The molecule has 4 atom stereocenters. The van der Waals surface area contributed by atoms with Crippen LogP contribution in [0.1, 0.15) is 86.8 Å². The molecule has 35 heavy (non-hydrogen) atoms. The second-order valence-corrected chi connectivity index (χ2v) is 11.0. The number of hydrogen-bond donors (Lipinski definition) is 0. The van der Waals surface area contributed by atoms with Crippen molar-refractivity contribution in [2.75, 3.05) is 0 Å². The molecule has 2 aliphatic rings. The Bertz CT molecular complexity index is 959. The molecular weight excluding hydrogens is 451 g/mol. The number of carboxylic acids is 2. The molecule has 0 fully saturated rings. The topological polar surface area (TPSA) is 80.3 Å². The van der Waals surface area contributed by atoms with Crippen LogP contribution in [0, 0.1) is 23.7 Å². The van der Waals surface area contributed by atoms with Gasteiger partial charge >= 0.3 is 17.4 Å². The first-order chi connectivity index (χ1) is 16.0. The van der Waals surface area contributed by atoms with Gasteiger partial charge in [-0.2, -0.15) is 0 Å². The second-order valence-electron chi connectivity index (χ2n) is 11.0. The van der Waals surface area contributed by atoms with Gasteiger partial charge in [-0.3, -0.25) is 0 Å². The molecule has 0 amide bonds. The molecule has 0 saturated carbocycles. The van der Waals surface area contributed by atoms with E-state index in [0.717, 1.165) is 36.8 Å². The Kier molecular flexibility index (Phi) is 10.2. The summed E-state index contributed by atoms with van der Waals surface area (Å²) in [5.41, 5.74) is 7.17. The molecule has 0 heterocycles. The van der Waals surface area contributed by atoms with E-state index in [1.165, 1.54) is 22.3 Å². The van der Waals surface area contributed by atoms with Crippen LogP contribution in [0.25, 0.3) is 0 Å². The fourth-order valence-corrected chi connectivity index (χ4v) is 5.10. The third-order valence-corrected chi connectivity index (χ3v) is 7.98. The van der Waals surface area contributed by atoms with Gasteiger partial charge in [0, 0.05) is 23.8 Å². The van der Waals surface area contributed by atoms with Crippen LogP contribution in [0.15, 0.2) is 36.4 Å². The van der Waals surface area contributed by atoms with E-state index in [-0.39, 0.29) is 17.4 Å². The maximum atomic E-state index is 10.9. The Morgan fingerprint density at radius 3 is 1.23 bits per heavy atom. The smallest absolute Gasteiger partial charge is 0.550 e. The summed E-state index contributed by atoms with van der Waals surface area (Å²) in [6, 6.07) is 12.2. The summed E-state index contributed by atoms with van der Waals surface area (Å²) < 4.78 is 0. The molecule has 4 nitrogen and oxygen atoms in total. The van der Waals surface area contributed by atoms with Crippen molar-refractivity contribution in [1.29, 1.82) is 0 Å². The normalized spacial score (nSPS) is 19.8. The van der Waals surface area contributed by atoms with Crippen LogP contribution in [0.3, 0.4) is 0 Å². The predicted molar refractivity (Wildman–Crippen MR) is 137 cm³/mol. The van der Waals surface area contributed by atoms with E-state index in [9.17, 15) is 19.8 Å². The summed E-state index contributed by atoms with van der Waals surface area (Å²) in [6.45, 7) is 12.4. The van der Waals surface area contributed by atoms with E-state index in [0.29, 0.717) is 23.7 Å². The van der Waals surface area contributed by atoms with E-state index >= 15 is 0 Å². The van der Waals surface area contributed by atoms with E-state index in [2.05, 4.69) is 52.0 Å². The SMILES string of the molecule is CC(C(=O)[O-])c1ccc2c(c1)CC(C(C)C)C2.CC(C(=O)[O-])c1ccc2c(c1)CC(C(C)C)C2.[Al+3]. The van der Waals surface area contributed by atoms with Crippen molar-refractivity contribution in [1.82, 2.24) is 0 Å². The number of fused-ring (bicyclic) bond motifs is 2. The summed E-state index contributed by atoms with van der Waals surface area (Å²) in [7, 11) is 0. The van der Waals surface area contributed by atoms with Crippen LogP contribution >= 0.6 is 0 Å². The van der Waals surface area contributed by atoms with Gasteiger partial charge in [0.05, 0.1) is 0 Å². The third-order valence-electron chi connectivity index (χ3n) is 7.98. The minimum absolute atomic E-state index is 0. The maximum absolute atomic E-state index is 10.9. The summed E-state index contributed by atoms with van der Waals surface area (Å²) in [6.07, 6.45) is 4.43. The van der Waals surface area contributed by atoms with Gasteiger partial charge in [0.2, 0.25) is 0 Å². The molecule has 0 saturated heterocycles. The van der Waals surface area contributed by atoms with Gasteiger partial charge in [-0.25, -0.2) is 0 Å². The van der Waals surface area contributed by atoms with Crippen molar-refractivity contribution in [3.05, 3.63) is 69.8 Å². The number of carbonyl (C=O) groups excluding carboxylic acids is 2. The van der Waals surface area contributed by atoms with Crippen LogP contribution in [0.5, 0.6) is 0 Å². The average Bonchev–Trinajstić information content (AvgIpc) is 3.41. The van der Waals surface area contributed by atoms with Gasteiger partial charge < -0.3 is 19.8 Å². The first-order valence-corrected chi connectivity index (χ1v) is 12.6. The van der Waals surface area contributed by atoms with Crippen LogP contribution < -0.4 is 10.2 Å². The van der Waals surface area contributed by atoms with Gasteiger partial charge in [0.15, 0.2) is 0 Å². The van der Waals surface area contributed by atoms with Crippen molar-refractivity contribution in [3.63, 3.8) is 0 Å². The van der Waals surface area contributed by atoms with Crippen LogP contribution in [-0.4, -0.2) is 29.3 Å². The zero-order chi connectivity index (χ0) is 25.2. The summed E-state index contributed by atoms with van der Waals surface area (Å²) in [4.78, 5) is 21.7. The zero-order valence-corrected chi connectivity index (χ0v) is 23.1. The Morgan fingerprint density at radius 1 is 0.629 bits per heavy atom. The number of hydrogen-bond acceptors (Lipinski definition) is 4. The molecule has 184 valence electrons. The second kappa shape index (κ2) is 12.2. The monoisotopic (exact) mass is 489 g/mol. The van der Waals surface area contributed by atoms with E-state index in [1.807, 2.05) is 12.1 Å². The Balaban J connectivity index is 0.000000240. The largest absolute Gasteiger partial charge is 3.00 e. The van der Waals surface area contributed by atoms with Crippen molar-refractivity contribution < 1.29 is 19.8 Å². The first kappa shape index (κ1) is 29.1. The summed E-state index contributed by atoms with van der Waals surface area (Å²) in [5, 5.41) is 21.7. The standard InChI is InChI=1S/2C15H20O2.Al/c2*1-9(2)13-7-12-5-4-11(6-14(12)8-13)10(3)15(16)17;/h2*4-6,9-10,13H,7-8H2,1-3H3,(H,16,17);/q;;+3/p-2. The van der Waals surface area contributed by atoms with E-state index in [4.69, 9.17) is 0 Å². The number of aliphatic carboxylic acids is 2. The average molecular weight is 490 g/mol. The number of carboxylic acid groups (broad SMARTS) is 2. The van der Waals surface area contributed by atoms with E-state index < -0.39 is 23.8 Å². The van der Waals surface area contributed by atoms with Gasteiger partial charge in [-0.15, -0.1) is 0 Å². The quantitative estimate of drug-likeness (QED) is 0.583. The molecule has 0 aliphatic heterocycles. The van der Waals surface area contributed by atoms with Crippen molar-refractivity contribution >= 4 is 29.3 Å². The van der Waals surface area contributed by atoms with Crippen LogP contribution in [-0.2, 0) is 35.3 Å². The fraction of sp³-hybridized carbons (Fsp3) is 0.533. The Morgan fingerprint density at radius 2 is 0.943 bits per heavy atom. The van der Waals surface area contributed by atoms with Gasteiger partial charge in [0.25, 0.3) is 0 Å². The number of benzene rings is 2. The maximum Gasteiger partial charge on any atom is 3.00 e. The molecule has 0 aromatic heterocycles. The molecule has 0 bridgehead atoms. The molecule has 2 aromatic carbocycles. The molecule has 0 N–H and O–H groups in total. The molecule has 0 spiro atoms. The predicted octanol–water partition coefficient (Wildman–Crippen LogP) is 3.44. The van der Waals surface area contributed by atoms with Crippen LogP contribution in [0.2, 0.25) is 0 Å². The Labute approximate surface area is 221 Å². The molecular formula is C30H38AlO4+. The molecule has 4 rings (SSSR count). The fourth-order valence-electron chi connectivity index (χ4n) is 5.10. The van der Waals surface area contributed by atoms with Gasteiger partial charge in [-0.1, -0.05) is 77.9 Å². The van der Waals surface area contributed by atoms with Crippen molar-refractivity contribution in [3.8, 4) is 0 Å². The molecule has 5 heteroatoms. The molecule has 2 aliphatic carbocycles.